The fraction of sp³-hybridized carbons (Fsp3) is 0.938. The molecule has 2 fully saturated rings. The Balaban J connectivity index is 0.00000312. The van der Waals surface area contributed by atoms with Gasteiger partial charge in [-0.25, -0.2) is 8.42 Å². The molecule has 25 heavy (non-hydrogen) atoms. The van der Waals surface area contributed by atoms with Crippen LogP contribution >= 0.6 is 24.0 Å². The molecule has 0 aromatic heterocycles. The largest absolute Gasteiger partial charge is 0.379 e. The predicted molar refractivity (Wildman–Crippen MR) is 113 cm³/mol. The summed E-state index contributed by atoms with van der Waals surface area (Å²) in [4.78, 5) is 8.85. The molecule has 1 N–H and O–H groups in total. The summed E-state index contributed by atoms with van der Waals surface area (Å²) in [5, 5.41) is 3.42. The number of nitrogens with one attached hydrogen (secondary N) is 1. The van der Waals surface area contributed by atoms with Crippen molar-refractivity contribution in [1.82, 2.24) is 15.1 Å². The average molecular weight is 488 g/mol. The monoisotopic (exact) mass is 488 g/mol. The van der Waals surface area contributed by atoms with Gasteiger partial charge in [-0.15, -0.1) is 24.0 Å². The molecule has 0 aliphatic carbocycles. The van der Waals surface area contributed by atoms with Gasteiger partial charge < -0.3 is 15.0 Å². The summed E-state index contributed by atoms with van der Waals surface area (Å²) in [6.45, 7) is 12.2. The third-order valence-electron chi connectivity index (χ3n) is 5.10. The van der Waals surface area contributed by atoms with Crippen LogP contribution in [-0.4, -0.2) is 93.2 Å². The fourth-order valence-electron chi connectivity index (χ4n) is 3.41. The Hall–Kier alpha value is -0.130. The molecular weight excluding hydrogens is 455 g/mol. The van der Waals surface area contributed by atoms with Gasteiger partial charge in [0.1, 0.15) is 0 Å². The molecule has 2 rings (SSSR count). The Kier molecular flexibility index (Phi) is 8.42. The number of nitrogens with zero attached hydrogens (tertiary/aromatic N) is 3. The first-order valence-corrected chi connectivity index (χ1v) is 10.3. The van der Waals surface area contributed by atoms with Gasteiger partial charge in [0.25, 0.3) is 0 Å². The van der Waals surface area contributed by atoms with E-state index in [1.54, 1.807) is 20.9 Å². The summed E-state index contributed by atoms with van der Waals surface area (Å²) in [7, 11) is -1.29. The molecule has 0 aromatic carbocycles. The maximum atomic E-state index is 12.2. The molecule has 0 amide bonds. The van der Waals surface area contributed by atoms with Crippen LogP contribution in [0.3, 0.4) is 0 Å². The molecule has 0 spiro atoms. The second-order valence-corrected chi connectivity index (χ2v) is 10.2. The second-order valence-electron chi connectivity index (χ2n) is 7.44. The maximum Gasteiger partial charge on any atom is 0.193 e. The van der Waals surface area contributed by atoms with Crippen molar-refractivity contribution in [1.29, 1.82) is 0 Å². The molecule has 2 aliphatic rings. The molecule has 148 valence electrons. The fourth-order valence-corrected chi connectivity index (χ4v) is 4.77. The number of sulfone groups is 1. The molecule has 9 heteroatoms. The van der Waals surface area contributed by atoms with Gasteiger partial charge in [-0.3, -0.25) is 9.89 Å². The minimum Gasteiger partial charge on any atom is -0.379 e. The van der Waals surface area contributed by atoms with E-state index in [4.69, 9.17) is 4.74 Å². The Morgan fingerprint density at radius 2 is 2.08 bits per heavy atom. The van der Waals surface area contributed by atoms with Crippen LogP contribution in [0.15, 0.2) is 4.99 Å². The highest BCUT2D eigenvalue weighted by atomic mass is 127. The SMILES string of the molecule is CN=C(NCC(C)N1CCOCC1C)N1CCS(=O)(=O)C(C)(C)C1.I. The average Bonchev–Trinajstić information content (AvgIpc) is 2.51. The number of rotatable bonds is 3. The molecule has 0 aromatic rings. The normalized spacial score (nSPS) is 28.1. The summed E-state index contributed by atoms with van der Waals surface area (Å²) >= 11 is 0. The summed E-state index contributed by atoms with van der Waals surface area (Å²) in [5.41, 5.74) is 0. The van der Waals surface area contributed by atoms with Crippen LogP contribution in [0.1, 0.15) is 27.7 Å². The highest BCUT2D eigenvalue weighted by molar-refractivity contribution is 14.0. The highest BCUT2D eigenvalue weighted by Gasteiger charge is 2.41. The lowest BCUT2D eigenvalue weighted by Gasteiger charge is -2.41. The van der Waals surface area contributed by atoms with Crippen LogP contribution in [0.25, 0.3) is 0 Å². The minimum atomic E-state index is -3.04. The molecule has 7 nitrogen and oxygen atoms in total. The standard InChI is InChI=1S/C16H32N4O3S.HI/c1-13(20-6-8-23-11-14(20)2)10-18-15(17-5)19-7-9-24(21,22)16(3,4)12-19;/h13-14H,6-12H2,1-5H3,(H,17,18);1H. The summed E-state index contributed by atoms with van der Waals surface area (Å²) < 4.78 is 29.1. The van der Waals surface area contributed by atoms with Gasteiger partial charge >= 0.3 is 0 Å². The number of halogens is 1. The van der Waals surface area contributed by atoms with Crippen LogP contribution in [0.2, 0.25) is 0 Å². The van der Waals surface area contributed by atoms with E-state index >= 15 is 0 Å². The van der Waals surface area contributed by atoms with E-state index in [9.17, 15) is 8.42 Å². The Bertz CT molecular complexity index is 568. The predicted octanol–water partition coefficient (Wildman–Crippen LogP) is 0.798. The first kappa shape index (κ1) is 22.9. The topological polar surface area (TPSA) is 74.2 Å². The zero-order chi connectivity index (χ0) is 18.0. The van der Waals surface area contributed by atoms with Crippen molar-refractivity contribution >= 4 is 39.8 Å². The van der Waals surface area contributed by atoms with Gasteiger partial charge in [0.05, 0.1) is 23.7 Å². The van der Waals surface area contributed by atoms with Crippen LogP contribution in [0.5, 0.6) is 0 Å². The molecule has 2 atom stereocenters. The first-order valence-electron chi connectivity index (χ1n) is 8.69. The van der Waals surface area contributed by atoms with Crippen molar-refractivity contribution in [3.63, 3.8) is 0 Å². The summed E-state index contributed by atoms with van der Waals surface area (Å²) in [5.74, 6) is 0.960. The van der Waals surface area contributed by atoms with E-state index in [1.807, 2.05) is 0 Å². The lowest BCUT2D eigenvalue weighted by atomic mass is 10.2. The van der Waals surface area contributed by atoms with E-state index in [2.05, 4.69) is 34.0 Å². The van der Waals surface area contributed by atoms with Gasteiger partial charge in [0.2, 0.25) is 0 Å². The summed E-state index contributed by atoms with van der Waals surface area (Å²) in [6.07, 6.45) is 0. The molecule has 2 unspecified atom stereocenters. The minimum absolute atomic E-state index is 0. The van der Waals surface area contributed by atoms with Crippen LogP contribution in [0, 0.1) is 0 Å². The van der Waals surface area contributed by atoms with E-state index < -0.39 is 14.6 Å². The maximum absolute atomic E-state index is 12.2. The van der Waals surface area contributed by atoms with Gasteiger partial charge in [0.15, 0.2) is 15.8 Å². The molecule has 2 heterocycles. The lowest BCUT2D eigenvalue weighted by Crippen LogP contribution is -2.58. The van der Waals surface area contributed by atoms with Gasteiger partial charge in [0, 0.05) is 45.3 Å². The van der Waals surface area contributed by atoms with E-state index in [-0.39, 0.29) is 29.7 Å². The zero-order valence-corrected chi connectivity index (χ0v) is 19.1. The Morgan fingerprint density at radius 1 is 1.40 bits per heavy atom. The highest BCUT2D eigenvalue weighted by Crippen LogP contribution is 2.23. The lowest BCUT2D eigenvalue weighted by molar-refractivity contribution is -0.0175. The van der Waals surface area contributed by atoms with Crippen molar-refractivity contribution in [2.45, 2.75) is 44.5 Å². The number of guanidine groups is 1. The van der Waals surface area contributed by atoms with E-state index in [1.165, 1.54) is 0 Å². The van der Waals surface area contributed by atoms with Crippen molar-refractivity contribution in [3.05, 3.63) is 0 Å². The third kappa shape index (κ3) is 5.43. The molecule has 0 radical (unpaired) electrons. The first-order chi connectivity index (χ1) is 11.2. The smallest absolute Gasteiger partial charge is 0.193 e. The number of morpholine rings is 1. The number of ether oxygens (including phenoxy) is 1. The van der Waals surface area contributed by atoms with Crippen molar-refractivity contribution < 1.29 is 13.2 Å². The number of aliphatic imine (C=N–C) groups is 1. The molecular formula is C16H33IN4O3S. The number of hydrogen-bond donors (Lipinski definition) is 1. The van der Waals surface area contributed by atoms with E-state index in [0.717, 1.165) is 32.3 Å². The van der Waals surface area contributed by atoms with Gasteiger partial charge in [-0.05, 0) is 27.7 Å². The number of hydrogen-bond acceptors (Lipinski definition) is 5. The molecule has 2 aliphatic heterocycles. The summed E-state index contributed by atoms with van der Waals surface area (Å²) in [6, 6.07) is 0.777. The Labute approximate surface area is 169 Å². The quantitative estimate of drug-likeness (QED) is 0.360. The van der Waals surface area contributed by atoms with Crippen molar-refractivity contribution in [3.8, 4) is 0 Å². The molecule has 0 saturated carbocycles. The van der Waals surface area contributed by atoms with Crippen LogP contribution in [-0.2, 0) is 14.6 Å². The zero-order valence-electron chi connectivity index (χ0n) is 16.0. The van der Waals surface area contributed by atoms with E-state index in [0.29, 0.717) is 25.2 Å². The Morgan fingerprint density at radius 3 is 2.64 bits per heavy atom. The van der Waals surface area contributed by atoms with Crippen molar-refractivity contribution in [2.75, 3.05) is 52.2 Å². The third-order valence-corrected chi connectivity index (χ3v) is 7.63. The van der Waals surface area contributed by atoms with Gasteiger partial charge in [-0.1, -0.05) is 0 Å². The molecule has 0 bridgehead atoms. The second kappa shape index (κ2) is 9.18. The van der Waals surface area contributed by atoms with Gasteiger partial charge in [-0.2, -0.15) is 0 Å². The van der Waals surface area contributed by atoms with Crippen LogP contribution < -0.4 is 5.32 Å². The molecule has 2 saturated heterocycles. The van der Waals surface area contributed by atoms with Crippen molar-refractivity contribution in [2.24, 2.45) is 4.99 Å². The van der Waals surface area contributed by atoms with Crippen LogP contribution in [0.4, 0.5) is 0 Å².